The number of aryl methyl sites for hydroxylation is 1. The Labute approximate surface area is 801 Å². The minimum absolute atomic E-state index is 1.12. The minimum atomic E-state index is 1.12. The molecule has 0 aliphatic rings. The van der Waals surface area contributed by atoms with E-state index in [9.17, 15) is 0 Å². The van der Waals surface area contributed by atoms with Crippen molar-refractivity contribution in [3.63, 3.8) is 0 Å². The lowest BCUT2D eigenvalue weighted by atomic mass is 9.85. The quantitative estimate of drug-likeness (QED) is 0.114. The number of benzene rings is 26. The van der Waals surface area contributed by atoms with E-state index in [0.29, 0.717) is 0 Å². The van der Waals surface area contributed by atoms with E-state index in [4.69, 9.17) is 0 Å². The van der Waals surface area contributed by atoms with Crippen LogP contribution in [0.5, 0.6) is 0 Å². The van der Waals surface area contributed by atoms with Gasteiger partial charge in [-0.25, -0.2) is 0 Å². The third kappa shape index (κ3) is 12.5. The van der Waals surface area contributed by atoms with Gasteiger partial charge in [-0.3, -0.25) is 0 Å². The van der Waals surface area contributed by atoms with Crippen LogP contribution in [-0.2, 0) is 0 Å². The first-order valence-electron chi connectivity index (χ1n) is 48.0. The van der Waals surface area contributed by atoms with Crippen molar-refractivity contribution < 1.29 is 0 Å². The highest BCUT2D eigenvalue weighted by Gasteiger charge is 2.28. The summed E-state index contributed by atoms with van der Waals surface area (Å²) in [7, 11) is 0. The summed E-state index contributed by atoms with van der Waals surface area (Å²) in [4.78, 5) is 4.70. The largest absolute Gasteiger partial charge is 0.311 e. The molecule has 0 saturated carbocycles. The molecule has 0 unspecified atom stereocenters. The molecule has 648 valence electrons. The van der Waals surface area contributed by atoms with Gasteiger partial charge in [0, 0.05) is 116 Å². The van der Waals surface area contributed by atoms with Gasteiger partial charge in [0.1, 0.15) is 0 Å². The zero-order valence-electron chi connectivity index (χ0n) is 76.1. The standard InChI is InChI=1S/C52H34N2.C41H28N2.C40H24N2/c1-5-15-35(16-6-1)46-34-47(36-25-28-41(29-26-36)53(38-17-7-2-8-18-38)39-19-9-3-10-20-39)44-31-32-45-50-37(27-30-43(46)51(44)50)33-48-42-23-13-14-24-49(42)54(52(45)48)40-21-11-4-12-22-40;1-27-17-23-38-35(25-27)36-26-29-19-18-28-20-24-37(42(30-11-5-2-6-12-30)31-13-7-3-8-14-31)33-21-22-34(40(29)39(28)33)41(36)43(38)32-15-9-4-10-16-32;1-2-10-27(11-3-1)41-34-15-7-6-14-30(34)33-24-26-19-18-25-20-23-37(31-21-22-32(40(33)41)39(26)38(25)31)42-35-16-8-4-12-28(35)29-13-5-9-17-36(29)42/h1-34H;2-26H,1H3;1-24H. The first-order valence-corrected chi connectivity index (χ1v) is 48.0. The fourth-order valence-corrected chi connectivity index (χ4v) is 23.4. The van der Waals surface area contributed by atoms with E-state index >= 15 is 0 Å². The predicted molar refractivity (Wildman–Crippen MR) is 593 cm³/mol. The Hall–Kier alpha value is -18.4. The second-order valence-corrected chi connectivity index (χ2v) is 36.9. The minimum Gasteiger partial charge on any atom is -0.311 e. The number of para-hydroxylation sites is 11. The topological polar surface area (TPSA) is 26.2 Å². The normalized spacial score (nSPS) is 11.9. The van der Waals surface area contributed by atoms with Crippen molar-refractivity contribution in [2.24, 2.45) is 0 Å². The van der Waals surface area contributed by atoms with E-state index < -0.39 is 0 Å². The van der Waals surface area contributed by atoms with Crippen LogP contribution in [0.1, 0.15) is 5.56 Å². The third-order valence-corrected chi connectivity index (χ3v) is 29.2. The van der Waals surface area contributed by atoms with Crippen LogP contribution in [0, 0.1) is 6.92 Å². The van der Waals surface area contributed by atoms with Crippen molar-refractivity contribution in [2.45, 2.75) is 6.92 Å². The second-order valence-electron chi connectivity index (χ2n) is 36.9. The summed E-state index contributed by atoms with van der Waals surface area (Å²) < 4.78 is 9.81. The van der Waals surface area contributed by atoms with Gasteiger partial charge in [-0.05, 0) is 269 Å². The molecule has 0 aliphatic carbocycles. The van der Waals surface area contributed by atoms with E-state index in [-0.39, 0.29) is 0 Å². The lowest BCUT2D eigenvalue weighted by molar-refractivity contribution is 1.19. The zero-order valence-corrected chi connectivity index (χ0v) is 76.1. The predicted octanol–water partition coefficient (Wildman–Crippen LogP) is 36.7. The maximum absolute atomic E-state index is 2.46. The molecule has 4 heterocycles. The summed E-state index contributed by atoms with van der Waals surface area (Å²) in [5.74, 6) is 0. The monoisotopic (exact) mass is 1770 g/mol. The molecular formula is C133H86N6. The van der Waals surface area contributed by atoms with Crippen LogP contribution >= 0.6 is 0 Å². The van der Waals surface area contributed by atoms with Gasteiger partial charge in [-0.1, -0.05) is 339 Å². The lowest BCUT2D eigenvalue weighted by Crippen LogP contribution is -2.10. The molecule has 0 radical (unpaired) electrons. The SMILES string of the molecule is Cc1ccc2c(c1)c1cc3ccc4ccc(N(c5ccccc5)c5ccccc5)c5ccc(c3c45)c1n2-c1ccccc1.c1ccc(-c2cc(-c3ccc(N(c4ccccc4)c4ccccc4)cc3)c3ccc4c5c(ccc2c35)cc2c3ccccc3n(-c3ccccc3)c24)cc1.c1ccc(-n2c3ccccc3c3cc4ccc5ccc(-n6c7ccccc7c7ccccc76)c6ccc(c4c56)c32)cc1. The zero-order chi connectivity index (χ0) is 91.4. The van der Waals surface area contributed by atoms with Crippen molar-refractivity contribution in [1.29, 1.82) is 0 Å². The molecule has 30 aromatic rings. The molecular weight excluding hydrogens is 1680 g/mol. The van der Waals surface area contributed by atoms with E-state index in [1.165, 1.54) is 240 Å². The average Bonchev–Trinajstić information content (AvgIpc) is 1.61. The number of hydrogen-bond acceptors (Lipinski definition) is 2. The molecule has 0 bridgehead atoms. The Bertz CT molecular complexity index is 9920. The number of hydrogen-bond donors (Lipinski definition) is 0. The van der Waals surface area contributed by atoms with Gasteiger partial charge in [-0.15, -0.1) is 0 Å². The van der Waals surface area contributed by atoms with Gasteiger partial charge in [0.15, 0.2) is 0 Å². The van der Waals surface area contributed by atoms with E-state index in [1.807, 2.05) is 0 Å². The summed E-state index contributed by atoms with van der Waals surface area (Å²) >= 11 is 0. The number of aromatic nitrogens is 4. The molecule has 0 saturated heterocycles. The fourth-order valence-electron chi connectivity index (χ4n) is 23.4. The molecule has 0 amide bonds. The molecule has 0 N–H and O–H groups in total. The summed E-state index contributed by atoms with van der Waals surface area (Å²) in [6.07, 6.45) is 0. The molecule has 4 aromatic heterocycles. The Morgan fingerprint density at radius 2 is 0.468 bits per heavy atom. The number of fused-ring (bicyclic) bond motifs is 15. The first-order chi connectivity index (χ1) is 68.9. The first kappa shape index (κ1) is 79.2. The lowest BCUT2D eigenvalue weighted by Gasteiger charge is -2.27. The molecule has 0 spiro atoms. The second kappa shape index (κ2) is 31.9. The van der Waals surface area contributed by atoms with Crippen LogP contribution in [0.3, 0.4) is 0 Å². The van der Waals surface area contributed by atoms with Crippen LogP contribution in [0.4, 0.5) is 34.1 Å². The van der Waals surface area contributed by atoms with Crippen LogP contribution in [0.15, 0.2) is 504 Å². The fraction of sp³-hybridized carbons (Fsp3) is 0.00752. The van der Waals surface area contributed by atoms with E-state index in [0.717, 1.165) is 28.4 Å². The van der Waals surface area contributed by atoms with Gasteiger partial charge < -0.3 is 28.1 Å². The molecule has 0 fully saturated rings. The summed E-state index contributed by atoms with van der Waals surface area (Å²) in [6.45, 7) is 2.18. The number of anilines is 6. The summed E-state index contributed by atoms with van der Waals surface area (Å²) in [6, 6.07) is 184. The highest BCUT2D eigenvalue weighted by molar-refractivity contribution is 6.37. The molecule has 0 aliphatic heterocycles. The van der Waals surface area contributed by atoms with Gasteiger partial charge >= 0.3 is 0 Å². The molecule has 6 heteroatoms. The van der Waals surface area contributed by atoms with Crippen molar-refractivity contribution in [3.8, 4) is 45.0 Å². The van der Waals surface area contributed by atoms with E-state index in [2.05, 4.69) is 539 Å². The van der Waals surface area contributed by atoms with Gasteiger partial charge in [0.05, 0.1) is 55.5 Å². The van der Waals surface area contributed by atoms with Crippen LogP contribution in [-0.4, -0.2) is 18.3 Å². The third-order valence-electron chi connectivity index (χ3n) is 29.2. The molecule has 6 nitrogen and oxygen atoms in total. The Morgan fingerprint density at radius 1 is 0.165 bits per heavy atom. The maximum Gasteiger partial charge on any atom is 0.0620 e. The van der Waals surface area contributed by atoms with Crippen LogP contribution in [0.2, 0.25) is 0 Å². The van der Waals surface area contributed by atoms with Gasteiger partial charge in [-0.2, -0.15) is 0 Å². The maximum atomic E-state index is 2.46. The van der Waals surface area contributed by atoms with Crippen molar-refractivity contribution in [1.82, 2.24) is 18.3 Å². The van der Waals surface area contributed by atoms with Crippen molar-refractivity contribution in [2.75, 3.05) is 9.80 Å². The van der Waals surface area contributed by atoms with Gasteiger partial charge in [0.2, 0.25) is 0 Å². The van der Waals surface area contributed by atoms with Crippen LogP contribution in [0.25, 0.3) is 229 Å². The Balaban J connectivity index is 0.000000104. The van der Waals surface area contributed by atoms with Crippen molar-refractivity contribution in [3.05, 3.63) is 509 Å². The smallest absolute Gasteiger partial charge is 0.0620 e. The summed E-state index contributed by atoms with van der Waals surface area (Å²) in [5, 5.41) is 33.5. The molecule has 139 heavy (non-hydrogen) atoms. The van der Waals surface area contributed by atoms with E-state index in [1.54, 1.807) is 0 Å². The Morgan fingerprint density at radius 3 is 0.928 bits per heavy atom. The number of nitrogens with zero attached hydrogens (tertiary/aromatic N) is 6. The van der Waals surface area contributed by atoms with Crippen molar-refractivity contribution >= 4 is 218 Å². The number of rotatable bonds is 12. The highest BCUT2D eigenvalue weighted by atomic mass is 15.1. The van der Waals surface area contributed by atoms with Crippen LogP contribution < -0.4 is 9.80 Å². The molecule has 0 atom stereocenters. The molecule has 30 rings (SSSR count). The molecule has 26 aromatic carbocycles. The summed E-state index contributed by atoms with van der Waals surface area (Å²) in [5.41, 5.74) is 27.7. The average molecular weight is 1770 g/mol. The Kier molecular flexibility index (Phi) is 18.2. The van der Waals surface area contributed by atoms with Gasteiger partial charge in [0.25, 0.3) is 0 Å². The highest BCUT2D eigenvalue weighted by Crippen LogP contribution is 2.53.